The Hall–Kier alpha value is -2.28. The molecule has 7 nitrogen and oxygen atoms in total. The van der Waals surface area contributed by atoms with E-state index in [1.54, 1.807) is 38.1 Å². The summed E-state index contributed by atoms with van der Waals surface area (Å²) >= 11 is 5.89. The van der Waals surface area contributed by atoms with Crippen molar-refractivity contribution in [2.45, 2.75) is 26.8 Å². The molecule has 1 aromatic carbocycles. The maximum absolute atomic E-state index is 12.0. The summed E-state index contributed by atoms with van der Waals surface area (Å²) in [4.78, 5) is 34.7. The maximum Gasteiger partial charge on any atom is 0.276 e. The Morgan fingerprint density at radius 2 is 1.83 bits per heavy atom. The molecule has 1 atom stereocenters. The molecule has 1 rings (SSSR count). The van der Waals surface area contributed by atoms with E-state index in [2.05, 4.69) is 16.2 Å². The molecule has 1 aromatic rings. The summed E-state index contributed by atoms with van der Waals surface area (Å²) in [5.74, 6) is -1.15. The summed E-state index contributed by atoms with van der Waals surface area (Å²) in [6.45, 7) is 4.57. The van der Waals surface area contributed by atoms with Crippen LogP contribution in [0, 0.1) is 5.92 Å². The molecule has 0 saturated heterocycles. The van der Waals surface area contributed by atoms with Crippen molar-refractivity contribution in [1.82, 2.24) is 16.2 Å². The lowest BCUT2D eigenvalue weighted by atomic mass is 10.0. The van der Waals surface area contributed by atoms with Gasteiger partial charge in [-0.25, -0.2) is 0 Å². The van der Waals surface area contributed by atoms with Gasteiger partial charge in [0.15, 0.2) is 6.61 Å². The minimum absolute atomic E-state index is 0.129. The van der Waals surface area contributed by atoms with Crippen molar-refractivity contribution in [2.75, 3.05) is 6.61 Å². The minimum Gasteiger partial charge on any atom is -0.482 e. The Kier molecular flexibility index (Phi) is 7.34. The number of carbonyl (C=O) groups is 3. The van der Waals surface area contributed by atoms with E-state index < -0.39 is 17.9 Å². The van der Waals surface area contributed by atoms with Gasteiger partial charge in [-0.2, -0.15) is 0 Å². The molecular weight excluding hydrogens is 322 g/mol. The monoisotopic (exact) mass is 341 g/mol. The molecule has 0 unspecified atom stereocenters. The summed E-state index contributed by atoms with van der Waals surface area (Å²) in [5.41, 5.74) is 4.48. The number of benzene rings is 1. The largest absolute Gasteiger partial charge is 0.482 e. The Morgan fingerprint density at radius 3 is 2.39 bits per heavy atom. The van der Waals surface area contributed by atoms with Gasteiger partial charge in [-0.1, -0.05) is 37.6 Å². The average Bonchev–Trinajstić information content (AvgIpc) is 2.49. The normalized spacial score (nSPS) is 11.5. The number of nitrogens with one attached hydrogen (secondary N) is 3. The molecule has 23 heavy (non-hydrogen) atoms. The SMILES string of the molecule is CC(=O)N[C@H](C(=O)NNC(=O)COc1ccccc1Cl)C(C)C. The van der Waals surface area contributed by atoms with Crippen LogP contribution in [-0.2, 0) is 14.4 Å². The van der Waals surface area contributed by atoms with Crippen molar-refractivity contribution in [2.24, 2.45) is 5.92 Å². The van der Waals surface area contributed by atoms with Crippen LogP contribution in [0.3, 0.4) is 0 Å². The van der Waals surface area contributed by atoms with Crippen molar-refractivity contribution in [1.29, 1.82) is 0 Å². The van der Waals surface area contributed by atoms with Gasteiger partial charge >= 0.3 is 0 Å². The first-order valence-electron chi connectivity index (χ1n) is 7.04. The lowest BCUT2D eigenvalue weighted by molar-refractivity contribution is -0.133. The summed E-state index contributed by atoms with van der Waals surface area (Å²) < 4.78 is 5.24. The molecule has 0 aromatic heterocycles. The second-order valence-corrected chi connectivity index (χ2v) is 5.59. The molecule has 0 aliphatic rings. The van der Waals surface area contributed by atoms with Gasteiger partial charge < -0.3 is 10.1 Å². The van der Waals surface area contributed by atoms with E-state index >= 15 is 0 Å². The predicted octanol–water partition coefficient (Wildman–Crippen LogP) is 1.03. The Morgan fingerprint density at radius 1 is 1.17 bits per heavy atom. The lowest BCUT2D eigenvalue weighted by Crippen LogP contribution is -2.54. The van der Waals surface area contributed by atoms with Gasteiger partial charge in [-0.3, -0.25) is 25.2 Å². The van der Waals surface area contributed by atoms with Crippen LogP contribution >= 0.6 is 11.6 Å². The smallest absolute Gasteiger partial charge is 0.276 e. The van der Waals surface area contributed by atoms with Crippen molar-refractivity contribution in [3.05, 3.63) is 29.3 Å². The van der Waals surface area contributed by atoms with E-state index in [1.807, 2.05) is 0 Å². The van der Waals surface area contributed by atoms with Crippen molar-refractivity contribution >= 4 is 29.3 Å². The fourth-order valence-electron chi connectivity index (χ4n) is 1.70. The lowest BCUT2D eigenvalue weighted by Gasteiger charge is -2.21. The Balaban J connectivity index is 2.44. The quantitative estimate of drug-likeness (QED) is 0.673. The second kappa shape index (κ2) is 8.99. The fraction of sp³-hybridized carbons (Fsp3) is 0.400. The average molecular weight is 342 g/mol. The van der Waals surface area contributed by atoms with Crippen LogP contribution in [0.1, 0.15) is 20.8 Å². The number of para-hydroxylation sites is 1. The van der Waals surface area contributed by atoms with Gasteiger partial charge in [-0.15, -0.1) is 0 Å². The molecule has 0 radical (unpaired) electrons. The number of hydrogen-bond acceptors (Lipinski definition) is 4. The molecule has 3 amide bonds. The number of hydrogen-bond donors (Lipinski definition) is 3. The van der Waals surface area contributed by atoms with E-state index in [0.717, 1.165) is 0 Å². The van der Waals surface area contributed by atoms with Gasteiger partial charge in [0, 0.05) is 6.92 Å². The van der Waals surface area contributed by atoms with Crippen LogP contribution in [0.15, 0.2) is 24.3 Å². The van der Waals surface area contributed by atoms with Gasteiger partial charge in [0.1, 0.15) is 11.8 Å². The molecule has 0 heterocycles. The summed E-state index contributed by atoms with van der Waals surface area (Å²) in [7, 11) is 0. The third kappa shape index (κ3) is 6.56. The fourth-order valence-corrected chi connectivity index (χ4v) is 1.89. The van der Waals surface area contributed by atoms with E-state index in [4.69, 9.17) is 16.3 Å². The minimum atomic E-state index is -0.739. The summed E-state index contributed by atoms with van der Waals surface area (Å²) in [5, 5.41) is 2.90. The van der Waals surface area contributed by atoms with E-state index in [9.17, 15) is 14.4 Å². The van der Waals surface area contributed by atoms with E-state index in [1.165, 1.54) is 6.92 Å². The topological polar surface area (TPSA) is 96.5 Å². The second-order valence-electron chi connectivity index (χ2n) is 5.18. The molecule has 0 aliphatic carbocycles. The highest BCUT2D eigenvalue weighted by atomic mass is 35.5. The molecule has 8 heteroatoms. The molecular formula is C15H20ClN3O4. The molecule has 0 spiro atoms. The first-order valence-corrected chi connectivity index (χ1v) is 7.42. The Bertz CT molecular complexity index is 578. The standard InChI is InChI=1S/C15H20ClN3O4/c1-9(2)14(17-10(3)20)15(22)19-18-13(21)8-23-12-7-5-4-6-11(12)16/h4-7,9,14H,8H2,1-3H3,(H,17,20)(H,18,21)(H,19,22)/t14-/m0/s1. The number of hydrazine groups is 1. The molecule has 3 N–H and O–H groups in total. The van der Waals surface area contributed by atoms with Crippen LogP contribution in [-0.4, -0.2) is 30.4 Å². The first-order chi connectivity index (χ1) is 10.8. The summed E-state index contributed by atoms with van der Waals surface area (Å²) in [6.07, 6.45) is 0. The third-order valence-corrected chi connectivity index (χ3v) is 3.14. The number of rotatable bonds is 6. The highest BCUT2D eigenvalue weighted by Gasteiger charge is 2.23. The highest BCUT2D eigenvalue weighted by Crippen LogP contribution is 2.22. The van der Waals surface area contributed by atoms with Crippen LogP contribution in [0.25, 0.3) is 0 Å². The number of amides is 3. The maximum atomic E-state index is 12.0. The van der Waals surface area contributed by atoms with Crippen LogP contribution in [0.4, 0.5) is 0 Å². The van der Waals surface area contributed by atoms with Crippen LogP contribution in [0.2, 0.25) is 5.02 Å². The van der Waals surface area contributed by atoms with Crippen LogP contribution in [0.5, 0.6) is 5.75 Å². The highest BCUT2D eigenvalue weighted by molar-refractivity contribution is 6.32. The molecule has 0 bridgehead atoms. The molecule has 0 aliphatic heterocycles. The number of carbonyl (C=O) groups excluding carboxylic acids is 3. The Labute approximate surface area is 139 Å². The molecule has 0 fully saturated rings. The molecule has 126 valence electrons. The number of halogens is 1. The van der Waals surface area contributed by atoms with Crippen molar-refractivity contribution in [3.8, 4) is 5.75 Å². The van der Waals surface area contributed by atoms with Gasteiger partial charge in [0.25, 0.3) is 11.8 Å². The van der Waals surface area contributed by atoms with Gasteiger partial charge in [0.2, 0.25) is 5.91 Å². The zero-order chi connectivity index (χ0) is 17.4. The summed E-state index contributed by atoms with van der Waals surface area (Å²) in [6, 6.07) is 5.99. The van der Waals surface area contributed by atoms with Gasteiger partial charge in [0.05, 0.1) is 5.02 Å². The van der Waals surface area contributed by atoms with Gasteiger partial charge in [-0.05, 0) is 18.1 Å². The van der Waals surface area contributed by atoms with Crippen molar-refractivity contribution < 1.29 is 19.1 Å². The van der Waals surface area contributed by atoms with E-state index in [0.29, 0.717) is 10.8 Å². The molecule has 0 saturated carbocycles. The van der Waals surface area contributed by atoms with Crippen LogP contribution < -0.4 is 20.9 Å². The predicted molar refractivity (Wildman–Crippen MR) is 85.7 cm³/mol. The number of ether oxygens (including phenoxy) is 1. The third-order valence-electron chi connectivity index (χ3n) is 2.83. The first kappa shape index (κ1) is 18.8. The zero-order valence-electron chi connectivity index (χ0n) is 13.2. The van der Waals surface area contributed by atoms with Crippen molar-refractivity contribution in [3.63, 3.8) is 0 Å². The van der Waals surface area contributed by atoms with E-state index in [-0.39, 0.29) is 18.4 Å². The zero-order valence-corrected chi connectivity index (χ0v) is 13.9.